The van der Waals surface area contributed by atoms with Crippen LogP contribution in [-0.2, 0) is 0 Å². The summed E-state index contributed by atoms with van der Waals surface area (Å²) in [4.78, 5) is 0. The van der Waals surface area contributed by atoms with Crippen LogP contribution in [0, 0.1) is 11.8 Å². The van der Waals surface area contributed by atoms with E-state index in [0.29, 0.717) is 11.8 Å². The molecule has 2 heteroatoms. The fourth-order valence-corrected chi connectivity index (χ4v) is 3.82. The summed E-state index contributed by atoms with van der Waals surface area (Å²) < 4.78 is 5.85. The van der Waals surface area contributed by atoms with Crippen molar-refractivity contribution in [2.45, 2.75) is 32.3 Å². The third-order valence-corrected chi connectivity index (χ3v) is 5.08. The number of aliphatic hydroxyl groups is 1. The second kappa shape index (κ2) is 4.88. The molecule has 2 aromatic carbocycles. The summed E-state index contributed by atoms with van der Waals surface area (Å²) in [6.45, 7) is 2.26. The molecule has 1 heterocycles. The van der Waals surface area contributed by atoms with E-state index in [2.05, 4.69) is 19.1 Å². The average Bonchev–Trinajstić information content (AvgIpc) is 3.09. The van der Waals surface area contributed by atoms with Crippen LogP contribution in [0.5, 0.6) is 0 Å². The van der Waals surface area contributed by atoms with Gasteiger partial charge in [-0.2, -0.15) is 0 Å². The smallest absolute Gasteiger partial charge is 0.135 e. The number of rotatable bonds is 2. The highest BCUT2D eigenvalue weighted by Crippen LogP contribution is 2.41. The first kappa shape index (κ1) is 12.9. The molecular formula is C19H20O2. The maximum Gasteiger partial charge on any atom is 0.135 e. The Kier molecular flexibility index (Phi) is 3.00. The molecule has 21 heavy (non-hydrogen) atoms. The van der Waals surface area contributed by atoms with Gasteiger partial charge in [0.15, 0.2) is 0 Å². The first-order valence-corrected chi connectivity index (χ1v) is 7.83. The highest BCUT2D eigenvalue weighted by Gasteiger charge is 2.30. The molecule has 108 valence electrons. The van der Waals surface area contributed by atoms with Gasteiger partial charge in [0.2, 0.25) is 0 Å². The fourth-order valence-electron chi connectivity index (χ4n) is 3.82. The van der Waals surface area contributed by atoms with Crippen molar-refractivity contribution in [3.8, 4) is 0 Å². The lowest BCUT2D eigenvalue weighted by Crippen LogP contribution is -2.14. The molecule has 1 aromatic heterocycles. The molecule has 0 aliphatic heterocycles. The monoisotopic (exact) mass is 280 g/mol. The van der Waals surface area contributed by atoms with Gasteiger partial charge in [-0.15, -0.1) is 0 Å². The summed E-state index contributed by atoms with van der Waals surface area (Å²) in [6.07, 6.45) is 3.24. The van der Waals surface area contributed by atoms with Crippen LogP contribution in [0.2, 0.25) is 0 Å². The molecule has 1 fully saturated rings. The van der Waals surface area contributed by atoms with Gasteiger partial charge in [0.25, 0.3) is 0 Å². The minimum atomic E-state index is -0.361. The molecule has 4 rings (SSSR count). The summed E-state index contributed by atoms with van der Waals surface area (Å²) >= 11 is 0. The van der Waals surface area contributed by atoms with Gasteiger partial charge < -0.3 is 9.52 Å². The van der Waals surface area contributed by atoms with E-state index in [-0.39, 0.29) is 6.10 Å². The summed E-state index contributed by atoms with van der Waals surface area (Å²) in [5, 5.41) is 13.0. The van der Waals surface area contributed by atoms with Crippen LogP contribution >= 0.6 is 0 Å². The van der Waals surface area contributed by atoms with E-state index in [9.17, 15) is 5.11 Å². The van der Waals surface area contributed by atoms with Crippen LogP contribution in [-0.4, -0.2) is 5.11 Å². The standard InChI is InChI=1S/C19H20O2/c1-12-5-4-7-14(12)19(20)13-9-10-18-16(11-13)15-6-2-3-8-17(15)21-18/h2-3,6,8-12,14,19-20H,4-5,7H2,1H3. The molecule has 1 aliphatic rings. The minimum absolute atomic E-state index is 0.361. The quantitative estimate of drug-likeness (QED) is 0.712. The first-order valence-electron chi connectivity index (χ1n) is 7.83. The van der Waals surface area contributed by atoms with Crippen molar-refractivity contribution in [1.29, 1.82) is 0 Å². The van der Waals surface area contributed by atoms with Gasteiger partial charge in [0.1, 0.15) is 11.2 Å². The van der Waals surface area contributed by atoms with Crippen molar-refractivity contribution in [2.75, 3.05) is 0 Å². The molecule has 3 unspecified atom stereocenters. The molecule has 1 N–H and O–H groups in total. The van der Waals surface area contributed by atoms with Crippen molar-refractivity contribution in [1.82, 2.24) is 0 Å². The van der Waals surface area contributed by atoms with Gasteiger partial charge in [0, 0.05) is 10.8 Å². The van der Waals surface area contributed by atoms with Crippen molar-refractivity contribution in [2.24, 2.45) is 11.8 Å². The average molecular weight is 280 g/mol. The predicted molar refractivity (Wildman–Crippen MR) is 85.2 cm³/mol. The SMILES string of the molecule is CC1CCCC1C(O)c1ccc2oc3ccccc3c2c1. The third kappa shape index (κ3) is 2.06. The number of furan rings is 1. The van der Waals surface area contributed by atoms with Crippen molar-refractivity contribution >= 4 is 21.9 Å². The second-order valence-corrected chi connectivity index (χ2v) is 6.37. The number of hydrogen-bond acceptors (Lipinski definition) is 2. The molecule has 2 nitrogen and oxygen atoms in total. The Morgan fingerprint density at radius 3 is 2.67 bits per heavy atom. The summed E-state index contributed by atoms with van der Waals surface area (Å²) in [5.74, 6) is 0.998. The lowest BCUT2D eigenvalue weighted by Gasteiger charge is -2.22. The molecule has 3 atom stereocenters. The van der Waals surface area contributed by atoms with E-state index in [1.807, 2.05) is 30.3 Å². The van der Waals surface area contributed by atoms with Crippen LogP contribution in [0.1, 0.15) is 37.9 Å². The second-order valence-electron chi connectivity index (χ2n) is 6.37. The highest BCUT2D eigenvalue weighted by atomic mass is 16.3. The van der Waals surface area contributed by atoms with E-state index >= 15 is 0 Å². The minimum Gasteiger partial charge on any atom is -0.456 e. The van der Waals surface area contributed by atoms with Crippen molar-refractivity contribution in [3.05, 3.63) is 48.0 Å². The molecule has 1 saturated carbocycles. The van der Waals surface area contributed by atoms with E-state index in [1.54, 1.807) is 0 Å². The molecule has 0 amide bonds. The Labute approximate surface area is 124 Å². The largest absolute Gasteiger partial charge is 0.456 e. The van der Waals surface area contributed by atoms with Crippen LogP contribution in [0.4, 0.5) is 0 Å². The number of aliphatic hydroxyl groups excluding tert-OH is 1. The Bertz CT molecular complexity index is 786. The van der Waals surface area contributed by atoms with Crippen LogP contribution in [0.3, 0.4) is 0 Å². The van der Waals surface area contributed by atoms with E-state index in [1.165, 1.54) is 12.8 Å². The van der Waals surface area contributed by atoms with Crippen LogP contribution in [0.25, 0.3) is 21.9 Å². The fraction of sp³-hybridized carbons (Fsp3) is 0.368. The normalized spacial score (nSPS) is 23.9. The maximum atomic E-state index is 10.7. The molecule has 0 saturated heterocycles. The zero-order chi connectivity index (χ0) is 14.4. The molecule has 0 radical (unpaired) electrons. The molecule has 0 bridgehead atoms. The van der Waals surface area contributed by atoms with Gasteiger partial charge in [-0.3, -0.25) is 0 Å². The highest BCUT2D eigenvalue weighted by molar-refractivity contribution is 6.04. The van der Waals surface area contributed by atoms with Crippen LogP contribution in [0.15, 0.2) is 46.9 Å². The Morgan fingerprint density at radius 1 is 1.05 bits per heavy atom. The van der Waals surface area contributed by atoms with Gasteiger partial charge in [-0.05, 0) is 42.0 Å². The Balaban J connectivity index is 1.80. The number of hydrogen-bond donors (Lipinski definition) is 1. The lowest BCUT2D eigenvalue weighted by molar-refractivity contribution is 0.0902. The van der Waals surface area contributed by atoms with Crippen molar-refractivity contribution in [3.63, 3.8) is 0 Å². The zero-order valence-corrected chi connectivity index (χ0v) is 12.3. The summed E-state index contributed by atoms with van der Waals surface area (Å²) in [6, 6.07) is 14.2. The van der Waals surface area contributed by atoms with Crippen LogP contribution < -0.4 is 0 Å². The number of para-hydroxylation sites is 1. The lowest BCUT2D eigenvalue weighted by atomic mass is 9.88. The van der Waals surface area contributed by atoms with Gasteiger partial charge >= 0.3 is 0 Å². The molecular weight excluding hydrogens is 260 g/mol. The topological polar surface area (TPSA) is 33.4 Å². The summed E-state index contributed by atoms with van der Waals surface area (Å²) in [7, 11) is 0. The summed E-state index contributed by atoms with van der Waals surface area (Å²) in [5.41, 5.74) is 2.83. The van der Waals surface area contributed by atoms with Gasteiger partial charge in [-0.25, -0.2) is 0 Å². The molecule has 1 aliphatic carbocycles. The molecule has 3 aromatic rings. The third-order valence-electron chi connectivity index (χ3n) is 5.08. The Hall–Kier alpha value is -1.80. The molecule has 0 spiro atoms. The Morgan fingerprint density at radius 2 is 1.86 bits per heavy atom. The van der Waals surface area contributed by atoms with E-state index in [0.717, 1.165) is 33.9 Å². The van der Waals surface area contributed by atoms with Crippen molar-refractivity contribution < 1.29 is 9.52 Å². The first-order chi connectivity index (χ1) is 10.2. The van der Waals surface area contributed by atoms with E-state index < -0.39 is 0 Å². The van der Waals surface area contributed by atoms with E-state index in [4.69, 9.17) is 4.42 Å². The maximum absolute atomic E-state index is 10.7. The zero-order valence-electron chi connectivity index (χ0n) is 12.3. The van der Waals surface area contributed by atoms with Gasteiger partial charge in [-0.1, -0.05) is 44.0 Å². The predicted octanol–water partition coefficient (Wildman–Crippen LogP) is 5.06. The number of benzene rings is 2. The number of fused-ring (bicyclic) bond motifs is 3. The van der Waals surface area contributed by atoms with Gasteiger partial charge in [0.05, 0.1) is 6.10 Å².